The van der Waals surface area contributed by atoms with Crippen molar-refractivity contribution in [2.45, 2.75) is 13.8 Å². The highest BCUT2D eigenvalue weighted by molar-refractivity contribution is 6.30. The topological polar surface area (TPSA) is 58.2 Å². The number of anilines is 2. The Kier molecular flexibility index (Phi) is 5.55. The van der Waals surface area contributed by atoms with E-state index in [9.17, 15) is 9.59 Å². The van der Waals surface area contributed by atoms with E-state index in [2.05, 4.69) is 10.6 Å². The number of hydrogen-bond donors (Lipinski definition) is 2. The highest BCUT2D eigenvalue weighted by Gasteiger charge is 2.04. The van der Waals surface area contributed by atoms with Crippen molar-refractivity contribution in [1.82, 2.24) is 0 Å². The molecule has 0 aliphatic heterocycles. The van der Waals surface area contributed by atoms with Gasteiger partial charge in [-0.25, -0.2) is 0 Å². The Morgan fingerprint density at radius 1 is 1.04 bits per heavy atom. The summed E-state index contributed by atoms with van der Waals surface area (Å²) in [5, 5.41) is 6.14. The number of rotatable bonds is 4. The molecule has 0 aromatic heterocycles. The number of halogens is 1. The third-order valence-electron chi connectivity index (χ3n) is 3.11. The largest absolute Gasteiger partial charge is 0.326 e. The number of amides is 2. The summed E-state index contributed by atoms with van der Waals surface area (Å²) in [5.41, 5.74) is 3.10. The van der Waals surface area contributed by atoms with Crippen molar-refractivity contribution in [2.75, 3.05) is 10.6 Å². The van der Waals surface area contributed by atoms with Crippen molar-refractivity contribution >= 4 is 40.9 Å². The fourth-order valence-electron chi connectivity index (χ4n) is 1.95. The molecule has 0 aliphatic carbocycles. The molecule has 0 aliphatic rings. The van der Waals surface area contributed by atoms with Gasteiger partial charge in [0.15, 0.2) is 0 Å². The maximum Gasteiger partial charge on any atom is 0.248 e. The molecular formula is C18H17ClN2O2. The van der Waals surface area contributed by atoms with E-state index in [0.29, 0.717) is 16.4 Å². The predicted octanol–water partition coefficient (Wildman–Crippen LogP) is 4.26. The third kappa shape index (κ3) is 5.27. The lowest BCUT2D eigenvalue weighted by atomic mass is 10.1. The fourth-order valence-corrected chi connectivity index (χ4v) is 2.08. The van der Waals surface area contributed by atoms with Gasteiger partial charge in [-0.15, -0.1) is 0 Å². The minimum absolute atomic E-state index is 0.154. The Bertz CT molecular complexity index is 752. The van der Waals surface area contributed by atoms with Crippen molar-refractivity contribution in [3.05, 3.63) is 64.7 Å². The van der Waals surface area contributed by atoms with Crippen LogP contribution in [0, 0.1) is 6.92 Å². The summed E-state index contributed by atoms with van der Waals surface area (Å²) in [4.78, 5) is 23.1. The monoisotopic (exact) mass is 328 g/mol. The lowest BCUT2D eigenvalue weighted by Gasteiger charge is -2.09. The number of hydrogen-bond acceptors (Lipinski definition) is 2. The second-order valence-corrected chi connectivity index (χ2v) is 5.52. The summed E-state index contributed by atoms with van der Waals surface area (Å²) in [5.74, 6) is -0.406. The van der Waals surface area contributed by atoms with Gasteiger partial charge >= 0.3 is 0 Å². The quantitative estimate of drug-likeness (QED) is 0.824. The van der Waals surface area contributed by atoms with Crippen molar-refractivity contribution in [3.8, 4) is 0 Å². The maximum absolute atomic E-state index is 12.0. The SMILES string of the molecule is CC(=O)Nc1cc(NC(=O)/C=C/c2ccc(Cl)cc2)ccc1C. The molecule has 5 heteroatoms. The van der Waals surface area contributed by atoms with E-state index in [4.69, 9.17) is 11.6 Å². The molecule has 0 saturated carbocycles. The highest BCUT2D eigenvalue weighted by Crippen LogP contribution is 2.20. The van der Waals surface area contributed by atoms with Crippen LogP contribution in [-0.4, -0.2) is 11.8 Å². The van der Waals surface area contributed by atoms with Crippen molar-refractivity contribution in [2.24, 2.45) is 0 Å². The molecule has 2 rings (SSSR count). The summed E-state index contributed by atoms with van der Waals surface area (Å²) in [7, 11) is 0. The Morgan fingerprint density at radius 2 is 1.74 bits per heavy atom. The lowest BCUT2D eigenvalue weighted by Crippen LogP contribution is -2.10. The van der Waals surface area contributed by atoms with Gasteiger partial charge in [0, 0.05) is 29.4 Å². The zero-order valence-electron chi connectivity index (χ0n) is 12.9. The number of benzene rings is 2. The molecular weight excluding hydrogens is 312 g/mol. The van der Waals surface area contributed by atoms with E-state index in [-0.39, 0.29) is 11.8 Å². The van der Waals surface area contributed by atoms with Gasteiger partial charge in [-0.3, -0.25) is 9.59 Å². The van der Waals surface area contributed by atoms with E-state index in [1.165, 1.54) is 13.0 Å². The van der Waals surface area contributed by atoms with Crippen LogP contribution in [0.15, 0.2) is 48.5 Å². The van der Waals surface area contributed by atoms with Crippen LogP contribution in [0.1, 0.15) is 18.1 Å². The van der Waals surface area contributed by atoms with Gasteiger partial charge in [0.2, 0.25) is 11.8 Å². The maximum atomic E-state index is 12.0. The predicted molar refractivity (Wildman–Crippen MR) is 94.6 cm³/mol. The zero-order chi connectivity index (χ0) is 16.8. The second kappa shape index (κ2) is 7.61. The van der Waals surface area contributed by atoms with Gasteiger partial charge < -0.3 is 10.6 Å². The van der Waals surface area contributed by atoms with Crippen LogP contribution < -0.4 is 10.6 Å². The normalized spacial score (nSPS) is 10.6. The molecule has 0 heterocycles. The van der Waals surface area contributed by atoms with Crippen LogP contribution in [0.2, 0.25) is 5.02 Å². The fraction of sp³-hybridized carbons (Fsp3) is 0.111. The van der Waals surface area contributed by atoms with E-state index >= 15 is 0 Å². The summed E-state index contributed by atoms with van der Waals surface area (Å²) in [6.45, 7) is 3.33. The number of carbonyl (C=O) groups is 2. The summed E-state index contributed by atoms with van der Waals surface area (Å²) < 4.78 is 0. The molecule has 2 aromatic rings. The van der Waals surface area contributed by atoms with Gasteiger partial charge in [0.05, 0.1) is 0 Å². The molecule has 0 spiro atoms. The molecule has 4 nitrogen and oxygen atoms in total. The minimum atomic E-state index is -0.252. The Hall–Kier alpha value is -2.59. The van der Waals surface area contributed by atoms with Gasteiger partial charge in [-0.1, -0.05) is 29.8 Å². The number of carbonyl (C=O) groups excluding carboxylic acids is 2. The molecule has 0 unspecified atom stereocenters. The summed E-state index contributed by atoms with van der Waals surface area (Å²) >= 11 is 5.81. The molecule has 23 heavy (non-hydrogen) atoms. The molecule has 118 valence electrons. The van der Waals surface area contributed by atoms with Crippen molar-refractivity contribution in [1.29, 1.82) is 0 Å². The Labute approximate surface area is 140 Å². The molecule has 0 saturated heterocycles. The highest BCUT2D eigenvalue weighted by atomic mass is 35.5. The van der Waals surface area contributed by atoms with Crippen LogP contribution in [0.5, 0.6) is 0 Å². The minimum Gasteiger partial charge on any atom is -0.326 e. The molecule has 0 atom stereocenters. The molecule has 2 N–H and O–H groups in total. The van der Waals surface area contributed by atoms with Crippen LogP contribution in [-0.2, 0) is 9.59 Å². The standard InChI is InChI=1S/C18H17ClN2O2/c1-12-3-9-16(11-17(12)20-13(2)22)21-18(23)10-6-14-4-7-15(19)8-5-14/h3-11H,1-2H3,(H,20,22)(H,21,23)/b10-6+. The first-order valence-electron chi connectivity index (χ1n) is 7.07. The third-order valence-corrected chi connectivity index (χ3v) is 3.36. The van der Waals surface area contributed by atoms with Crippen molar-refractivity contribution < 1.29 is 9.59 Å². The summed E-state index contributed by atoms with van der Waals surface area (Å²) in [6.07, 6.45) is 3.15. The van der Waals surface area contributed by atoms with E-state index in [0.717, 1.165) is 11.1 Å². The zero-order valence-corrected chi connectivity index (χ0v) is 13.6. The van der Waals surface area contributed by atoms with E-state index in [1.807, 2.05) is 25.1 Å². The average Bonchev–Trinajstić information content (AvgIpc) is 2.49. The first-order valence-corrected chi connectivity index (χ1v) is 7.45. The molecule has 2 aromatic carbocycles. The van der Waals surface area contributed by atoms with Gasteiger partial charge in [0.25, 0.3) is 0 Å². The molecule has 0 bridgehead atoms. The first kappa shape index (κ1) is 16.8. The summed E-state index contributed by atoms with van der Waals surface area (Å²) in [6, 6.07) is 12.5. The van der Waals surface area contributed by atoms with E-state index in [1.54, 1.807) is 30.3 Å². The Morgan fingerprint density at radius 3 is 2.39 bits per heavy atom. The van der Waals surface area contributed by atoms with Crippen LogP contribution in [0.4, 0.5) is 11.4 Å². The smallest absolute Gasteiger partial charge is 0.248 e. The lowest BCUT2D eigenvalue weighted by molar-refractivity contribution is -0.114. The molecule has 2 amide bonds. The van der Waals surface area contributed by atoms with Crippen LogP contribution in [0.3, 0.4) is 0 Å². The number of aryl methyl sites for hydroxylation is 1. The molecule has 0 radical (unpaired) electrons. The molecule has 0 fully saturated rings. The van der Waals surface area contributed by atoms with E-state index < -0.39 is 0 Å². The van der Waals surface area contributed by atoms with Crippen LogP contribution >= 0.6 is 11.6 Å². The Balaban J connectivity index is 2.05. The number of nitrogens with one attached hydrogen (secondary N) is 2. The second-order valence-electron chi connectivity index (χ2n) is 5.09. The van der Waals surface area contributed by atoms with Crippen molar-refractivity contribution in [3.63, 3.8) is 0 Å². The van der Waals surface area contributed by atoms with Gasteiger partial charge in [-0.05, 0) is 48.4 Å². The first-order chi connectivity index (χ1) is 10.9. The average molecular weight is 329 g/mol. The van der Waals surface area contributed by atoms with Crippen LogP contribution in [0.25, 0.3) is 6.08 Å². The van der Waals surface area contributed by atoms with Gasteiger partial charge in [-0.2, -0.15) is 0 Å². The van der Waals surface area contributed by atoms with Gasteiger partial charge in [0.1, 0.15) is 0 Å².